The third-order valence-corrected chi connectivity index (χ3v) is 4.01. The minimum absolute atomic E-state index is 0. The Morgan fingerprint density at radius 3 is 2.52 bits per heavy atom. The van der Waals surface area contributed by atoms with Crippen molar-refractivity contribution in [2.45, 2.75) is 26.3 Å². The molecule has 0 aliphatic rings. The summed E-state index contributed by atoms with van der Waals surface area (Å²) < 4.78 is 10.5. The topological polar surface area (TPSA) is 54.9 Å². The molecule has 1 aromatic carbocycles. The van der Waals surface area contributed by atoms with Gasteiger partial charge in [-0.3, -0.25) is 0 Å². The maximum Gasteiger partial charge on any atom is 0.191 e. The summed E-state index contributed by atoms with van der Waals surface area (Å²) in [6.45, 7) is 5.72. The number of hydrogen-bond acceptors (Lipinski definition) is 4. The fourth-order valence-corrected chi connectivity index (χ4v) is 2.52. The van der Waals surface area contributed by atoms with Crippen molar-refractivity contribution in [1.29, 1.82) is 0 Å². The molecule has 0 unspecified atom stereocenters. The number of thioether (sulfide) groups is 1. The second kappa shape index (κ2) is 16.8. The number of aliphatic imine (C=N–C) groups is 1. The summed E-state index contributed by atoms with van der Waals surface area (Å²) in [6.07, 6.45) is 4.55. The van der Waals surface area contributed by atoms with Gasteiger partial charge in [0, 0.05) is 20.2 Å². The van der Waals surface area contributed by atoms with E-state index in [2.05, 4.69) is 28.8 Å². The number of methoxy groups -OCH3 is 1. The first-order chi connectivity index (χ1) is 11.8. The van der Waals surface area contributed by atoms with Crippen molar-refractivity contribution in [2.75, 3.05) is 45.4 Å². The molecule has 0 bridgehead atoms. The zero-order chi connectivity index (χ0) is 17.5. The molecule has 0 radical (unpaired) electrons. The van der Waals surface area contributed by atoms with E-state index >= 15 is 0 Å². The smallest absolute Gasteiger partial charge is 0.191 e. The molecule has 5 nitrogen and oxygen atoms in total. The minimum atomic E-state index is 0. The van der Waals surface area contributed by atoms with E-state index in [1.54, 1.807) is 7.11 Å². The van der Waals surface area contributed by atoms with Crippen LogP contribution in [0.1, 0.15) is 25.3 Å². The predicted octanol–water partition coefficient (Wildman–Crippen LogP) is 3.53. The molecule has 0 amide bonds. The van der Waals surface area contributed by atoms with Gasteiger partial charge in [0.2, 0.25) is 0 Å². The van der Waals surface area contributed by atoms with Gasteiger partial charge in [-0.2, -0.15) is 11.8 Å². The highest BCUT2D eigenvalue weighted by atomic mass is 127. The molecule has 0 heterocycles. The molecule has 2 N–H and O–H groups in total. The molecular weight excluding hydrogens is 449 g/mol. The Bertz CT molecular complexity index is 458. The van der Waals surface area contributed by atoms with Crippen LogP contribution in [0.4, 0.5) is 0 Å². The molecule has 25 heavy (non-hydrogen) atoms. The Hall–Kier alpha value is -0.670. The van der Waals surface area contributed by atoms with Gasteiger partial charge < -0.3 is 20.1 Å². The van der Waals surface area contributed by atoms with Crippen molar-refractivity contribution in [3.63, 3.8) is 0 Å². The Labute approximate surface area is 173 Å². The summed E-state index contributed by atoms with van der Waals surface area (Å²) in [5.41, 5.74) is 1.16. The van der Waals surface area contributed by atoms with Crippen molar-refractivity contribution in [3.8, 4) is 5.75 Å². The molecule has 0 aliphatic carbocycles. The van der Waals surface area contributed by atoms with Gasteiger partial charge in [0.1, 0.15) is 12.4 Å². The maximum absolute atomic E-state index is 5.56. The van der Waals surface area contributed by atoms with Crippen LogP contribution < -0.4 is 15.4 Å². The molecule has 0 atom stereocenters. The number of unbranched alkanes of at least 4 members (excludes halogenated alkanes) is 1. The normalized spacial score (nSPS) is 10.9. The fraction of sp³-hybridized carbons (Fsp3) is 0.611. The maximum atomic E-state index is 5.56. The van der Waals surface area contributed by atoms with Gasteiger partial charge in [-0.1, -0.05) is 12.1 Å². The van der Waals surface area contributed by atoms with E-state index in [-0.39, 0.29) is 24.0 Å². The summed E-state index contributed by atoms with van der Waals surface area (Å²) in [5, 5.41) is 6.67. The van der Waals surface area contributed by atoms with Crippen LogP contribution in [0.3, 0.4) is 0 Å². The van der Waals surface area contributed by atoms with Gasteiger partial charge in [-0.15, -0.1) is 24.0 Å². The molecule has 0 aliphatic heterocycles. The van der Waals surface area contributed by atoms with E-state index in [4.69, 9.17) is 9.47 Å². The highest BCUT2D eigenvalue weighted by molar-refractivity contribution is 14.0. The van der Waals surface area contributed by atoms with Gasteiger partial charge in [0.15, 0.2) is 5.96 Å². The van der Waals surface area contributed by atoms with Crippen LogP contribution in [0, 0.1) is 0 Å². The average Bonchev–Trinajstić information content (AvgIpc) is 2.60. The van der Waals surface area contributed by atoms with Crippen LogP contribution in [-0.2, 0) is 11.3 Å². The number of ether oxygens (including phenoxy) is 2. The van der Waals surface area contributed by atoms with Crippen molar-refractivity contribution in [2.24, 2.45) is 4.99 Å². The second-order valence-corrected chi connectivity index (χ2v) is 6.29. The number of rotatable bonds is 12. The summed E-state index contributed by atoms with van der Waals surface area (Å²) in [7, 11) is 1.67. The second-order valence-electron chi connectivity index (χ2n) is 5.31. The van der Waals surface area contributed by atoms with Crippen LogP contribution in [-0.4, -0.2) is 51.4 Å². The molecule has 0 fully saturated rings. The molecule has 1 rings (SSSR count). The van der Waals surface area contributed by atoms with E-state index in [0.717, 1.165) is 30.4 Å². The summed E-state index contributed by atoms with van der Waals surface area (Å²) >= 11 is 1.89. The van der Waals surface area contributed by atoms with E-state index in [9.17, 15) is 0 Å². The van der Waals surface area contributed by atoms with Gasteiger partial charge >= 0.3 is 0 Å². The molecule has 0 spiro atoms. The molecule has 0 saturated heterocycles. The number of nitrogens with one attached hydrogen (secondary N) is 2. The zero-order valence-electron chi connectivity index (χ0n) is 15.5. The van der Waals surface area contributed by atoms with Gasteiger partial charge in [-0.05, 0) is 49.5 Å². The molecule has 144 valence electrons. The van der Waals surface area contributed by atoms with Crippen molar-refractivity contribution in [1.82, 2.24) is 10.6 Å². The first-order valence-electron chi connectivity index (χ1n) is 8.52. The van der Waals surface area contributed by atoms with Gasteiger partial charge in [0.05, 0.1) is 13.2 Å². The Kier molecular flexibility index (Phi) is 16.3. The SMILES string of the molecule is CCNC(=NCc1ccc(OCCOC)cc1)NCCCCSC.I. The largest absolute Gasteiger partial charge is 0.491 e. The number of halogens is 1. The lowest BCUT2D eigenvalue weighted by molar-refractivity contribution is 0.146. The minimum Gasteiger partial charge on any atom is -0.491 e. The zero-order valence-corrected chi connectivity index (χ0v) is 18.7. The molecule has 0 saturated carbocycles. The van der Waals surface area contributed by atoms with Crippen LogP contribution in [0.2, 0.25) is 0 Å². The van der Waals surface area contributed by atoms with Crippen LogP contribution in [0.25, 0.3) is 0 Å². The molecule has 0 aromatic heterocycles. The average molecular weight is 481 g/mol. The number of nitrogens with zero attached hydrogens (tertiary/aromatic N) is 1. The lowest BCUT2D eigenvalue weighted by Crippen LogP contribution is -2.37. The van der Waals surface area contributed by atoms with Crippen molar-refractivity contribution < 1.29 is 9.47 Å². The lowest BCUT2D eigenvalue weighted by atomic mass is 10.2. The lowest BCUT2D eigenvalue weighted by Gasteiger charge is -2.11. The van der Waals surface area contributed by atoms with Crippen molar-refractivity contribution >= 4 is 41.7 Å². The number of guanidine groups is 1. The third kappa shape index (κ3) is 12.3. The van der Waals surface area contributed by atoms with Crippen LogP contribution in [0.15, 0.2) is 29.3 Å². The highest BCUT2D eigenvalue weighted by Gasteiger charge is 1.99. The quantitative estimate of drug-likeness (QED) is 0.207. The summed E-state index contributed by atoms with van der Waals surface area (Å²) in [5.74, 6) is 2.95. The van der Waals surface area contributed by atoms with E-state index in [1.165, 1.54) is 18.6 Å². The summed E-state index contributed by atoms with van der Waals surface area (Å²) in [6, 6.07) is 8.05. The van der Waals surface area contributed by atoms with E-state index in [0.29, 0.717) is 19.8 Å². The Morgan fingerprint density at radius 1 is 1.12 bits per heavy atom. The predicted molar refractivity (Wildman–Crippen MR) is 120 cm³/mol. The number of hydrogen-bond donors (Lipinski definition) is 2. The highest BCUT2D eigenvalue weighted by Crippen LogP contribution is 2.12. The Balaban J connectivity index is 0.00000576. The monoisotopic (exact) mass is 481 g/mol. The molecule has 1 aromatic rings. The van der Waals surface area contributed by atoms with Gasteiger partial charge in [-0.25, -0.2) is 4.99 Å². The molecular formula is C18H32IN3O2S. The van der Waals surface area contributed by atoms with Crippen LogP contribution >= 0.6 is 35.7 Å². The standard InChI is InChI=1S/C18H31N3O2S.HI/c1-4-19-18(20-11-5-6-14-24-3)21-15-16-7-9-17(10-8-16)23-13-12-22-2;/h7-10H,4-6,11-15H2,1-3H3,(H2,19,20,21);1H. The van der Waals surface area contributed by atoms with Gasteiger partial charge in [0.25, 0.3) is 0 Å². The third-order valence-electron chi connectivity index (χ3n) is 3.31. The van der Waals surface area contributed by atoms with E-state index < -0.39 is 0 Å². The molecule has 7 heteroatoms. The fourth-order valence-electron chi connectivity index (χ4n) is 2.02. The summed E-state index contributed by atoms with van der Waals surface area (Å²) in [4.78, 5) is 4.63. The first kappa shape index (κ1) is 24.3. The van der Waals surface area contributed by atoms with Crippen LogP contribution in [0.5, 0.6) is 5.75 Å². The first-order valence-corrected chi connectivity index (χ1v) is 9.91. The van der Waals surface area contributed by atoms with E-state index in [1.807, 2.05) is 36.0 Å². The van der Waals surface area contributed by atoms with Crippen molar-refractivity contribution in [3.05, 3.63) is 29.8 Å². The Morgan fingerprint density at radius 2 is 1.88 bits per heavy atom. The number of benzene rings is 1.